The second-order valence-electron chi connectivity index (χ2n) is 13.7. The molecule has 1 aliphatic rings. The Morgan fingerprint density at radius 2 is 1.06 bits per heavy atom. The van der Waals surface area contributed by atoms with E-state index in [1.54, 1.807) is 6.07 Å². The van der Waals surface area contributed by atoms with E-state index in [0.29, 0.717) is 11.3 Å². The molecular weight excluding hydrogens is 641 g/mol. The van der Waals surface area contributed by atoms with E-state index in [4.69, 9.17) is 11.6 Å². The second-order valence-corrected chi connectivity index (χ2v) is 13.7. The molecule has 0 aromatic heterocycles. The first-order valence-corrected chi connectivity index (χ1v) is 17.8. The molecule has 0 fully saturated rings. The summed E-state index contributed by atoms with van der Waals surface area (Å²) < 4.78 is 48.5. The van der Waals surface area contributed by atoms with Gasteiger partial charge in [-0.3, -0.25) is 0 Å². The van der Waals surface area contributed by atoms with Crippen LogP contribution in [0.2, 0.25) is 0 Å². The lowest BCUT2D eigenvalue weighted by atomic mass is 9.86. The summed E-state index contributed by atoms with van der Waals surface area (Å²) in [5, 5.41) is 9.23. The zero-order valence-electron chi connectivity index (χ0n) is 33.5. The first kappa shape index (κ1) is 25.1. The van der Waals surface area contributed by atoms with Crippen LogP contribution >= 0.6 is 0 Å². The van der Waals surface area contributed by atoms with Crippen LogP contribution in [0.3, 0.4) is 0 Å². The van der Waals surface area contributed by atoms with Gasteiger partial charge in [-0.1, -0.05) is 145 Å². The molecule has 0 radical (unpaired) electrons. The van der Waals surface area contributed by atoms with Crippen molar-refractivity contribution in [2.24, 2.45) is 0 Å². The maximum Gasteiger partial charge on any atom is 0.136 e. The minimum atomic E-state index is -0.407. The molecule has 0 unspecified atom stereocenters. The average molecular weight is 678 g/mol. The first-order chi connectivity index (χ1) is 28.3. The molecule has 0 bridgehead atoms. The van der Waals surface area contributed by atoms with Gasteiger partial charge in [-0.2, -0.15) is 0 Å². The summed E-state index contributed by atoms with van der Waals surface area (Å²) in [5.74, 6) is 1.38. The zero-order valence-corrected chi connectivity index (χ0v) is 28.5. The number of fused-ring (bicyclic) bond motifs is 6. The lowest BCUT2D eigenvalue weighted by molar-refractivity contribution is 0.487. The molecule has 1 heterocycles. The predicted molar refractivity (Wildman–Crippen MR) is 224 cm³/mol. The van der Waals surface area contributed by atoms with Crippen molar-refractivity contribution in [3.05, 3.63) is 194 Å². The average Bonchev–Trinajstić information content (AvgIpc) is 3.27. The smallest absolute Gasteiger partial charge is 0.136 e. The van der Waals surface area contributed by atoms with E-state index in [1.165, 1.54) is 37.9 Å². The van der Waals surface area contributed by atoms with E-state index >= 15 is 0 Å². The fourth-order valence-corrected chi connectivity index (χ4v) is 8.22. The van der Waals surface area contributed by atoms with Crippen molar-refractivity contribution in [2.45, 2.75) is 0 Å². The maximum absolute atomic E-state index is 8.60. The number of benzene rings is 10. The van der Waals surface area contributed by atoms with E-state index < -0.39 is 6.04 Å². The molecule has 246 valence electrons. The molecule has 11 rings (SSSR count). The van der Waals surface area contributed by atoms with E-state index in [-0.39, 0.29) is 29.7 Å². The van der Waals surface area contributed by atoms with E-state index in [0.717, 1.165) is 55.5 Å². The summed E-state index contributed by atoms with van der Waals surface area (Å²) in [6.07, 6.45) is 0. The van der Waals surface area contributed by atoms with Gasteiger partial charge in [0.2, 0.25) is 0 Å². The molecular formula is C52H32O. The van der Waals surface area contributed by atoms with Crippen LogP contribution in [0.5, 0.6) is 11.5 Å². The summed E-state index contributed by atoms with van der Waals surface area (Å²) >= 11 is 0. The molecule has 0 saturated carbocycles. The van der Waals surface area contributed by atoms with Crippen molar-refractivity contribution in [2.75, 3.05) is 0 Å². The van der Waals surface area contributed by atoms with E-state index in [2.05, 4.69) is 133 Å². The number of hydrogen-bond donors (Lipinski definition) is 0. The van der Waals surface area contributed by atoms with Crippen LogP contribution in [-0.2, 0) is 0 Å². The fraction of sp³-hybridized carbons (Fsp3) is 0. The second kappa shape index (κ2) is 11.8. The van der Waals surface area contributed by atoms with Gasteiger partial charge in [-0.15, -0.1) is 0 Å². The maximum atomic E-state index is 8.60. The SMILES string of the molecule is [2H]c1c([2H])c([2H])c(-c2ccc3c(c2)-c2cccc4cc(-c5cc(-c6ccccc6)cc(-c6c7ccccc7cc7c6ccc6ccccc67)c5)cc(c24)O3)c([2H])c1[2H]. The number of rotatable bonds is 4. The van der Waals surface area contributed by atoms with Crippen LogP contribution in [0.25, 0.3) is 98.7 Å². The molecule has 53 heavy (non-hydrogen) atoms. The minimum absolute atomic E-state index is 0.170. The minimum Gasteiger partial charge on any atom is -0.456 e. The van der Waals surface area contributed by atoms with Gasteiger partial charge in [0.25, 0.3) is 0 Å². The van der Waals surface area contributed by atoms with Crippen molar-refractivity contribution >= 4 is 43.1 Å². The molecule has 10 aromatic rings. The number of ether oxygens (including phenoxy) is 1. The molecule has 0 aliphatic carbocycles. The third kappa shape index (κ3) is 4.86. The van der Waals surface area contributed by atoms with Crippen LogP contribution in [0.4, 0.5) is 0 Å². The predicted octanol–water partition coefficient (Wildman–Crippen LogP) is 14.7. The molecule has 0 amide bonds. The van der Waals surface area contributed by atoms with Crippen molar-refractivity contribution < 1.29 is 11.6 Å². The lowest BCUT2D eigenvalue weighted by Crippen LogP contribution is -1.98. The summed E-state index contributed by atoms with van der Waals surface area (Å²) in [4.78, 5) is 0. The Balaban J connectivity index is 1.12. The molecule has 0 N–H and O–H groups in total. The van der Waals surface area contributed by atoms with Crippen molar-refractivity contribution in [3.63, 3.8) is 0 Å². The Morgan fingerprint density at radius 1 is 0.340 bits per heavy atom. The Labute approximate surface area is 315 Å². The van der Waals surface area contributed by atoms with Gasteiger partial charge in [0.15, 0.2) is 0 Å². The van der Waals surface area contributed by atoms with E-state index in [1.807, 2.05) is 24.3 Å². The molecule has 10 aromatic carbocycles. The highest BCUT2D eigenvalue weighted by Crippen LogP contribution is 2.50. The quantitative estimate of drug-likeness (QED) is 0.133. The standard InChI is InChI=1S/C52H32O/c1-3-12-33(13-4-1)36-23-25-49-48(30-36)45-21-11-18-38-26-41(32-50(53-49)52(38)45)40-27-39(34-14-5-2-6-15-34)28-42(29-40)51-44-20-10-8-17-37(44)31-47-43-19-9-7-16-35(43)22-24-46(47)51/h1-32H/i1D,3D,4D,12D,13D. The monoisotopic (exact) mass is 677 g/mol. The van der Waals surface area contributed by atoms with Gasteiger partial charge in [-0.05, 0) is 136 Å². The molecule has 1 aliphatic heterocycles. The highest BCUT2D eigenvalue weighted by Gasteiger charge is 2.22. The Morgan fingerprint density at radius 3 is 1.92 bits per heavy atom. The molecule has 1 heteroatoms. The van der Waals surface area contributed by atoms with Crippen molar-refractivity contribution in [1.29, 1.82) is 0 Å². The first-order valence-electron chi connectivity index (χ1n) is 20.3. The van der Waals surface area contributed by atoms with Crippen LogP contribution < -0.4 is 4.74 Å². The Bertz CT molecular complexity index is 3340. The van der Waals surface area contributed by atoms with Crippen molar-refractivity contribution in [1.82, 2.24) is 0 Å². The Hall–Kier alpha value is -6.96. The lowest BCUT2D eigenvalue weighted by Gasteiger charge is -2.23. The van der Waals surface area contributed by atoms with Crippen LogP contribution in [0, 0.1) is 0 Å². The highest BCUT2D eigenvalue weighted by molar-refractivity contribution is 6.20. The van der Waals surface area contributed by atoms with Crippen LogP contribution in [0.1, 0.15) is 6.85 Å². The molecule has 0 saturated heterocycles. The van der Waals surface area contributed by atoms with Gasteiger partial charge in [0.05, 0.1) is 6.85 Å². The summed E-state index contributed by atoms with van der Waals surface area (Å²) in [7, 11) is 0. The highest BCUT2D eigenvalue weighted by atomic mass is 16.5. The summed E-state index contributed by atoms with van der Waals surface area (Å²) in [6, 6.07) is 56.0. The van der Waals surface area contributed by atoms with E-state index in [9.17, 15) is 0 Å². The van der Waals surface area contributed by atoms with Crippen LogP contribution in [-0.4, -0.2) is 0 Å². The normalized spacial score (nSPS) is 13.2. The molecule has 1 nitrogen and oxygen atoms in total. The van der Waals surface area contributed by atoms with Gasteiger partial charge < -0.3 is 4.74 Å². The zero-order chi connectivity index (χ0) is 39.2. The molecule has 0 atom stereocenters. The van der Waals surface area contributed by atoms with Gasteiger partial charge in [0, 0.05) is 10.9 Å². The third-order valence-corrected chi connectivity index (χ3v) is 10.7. The topological polar surface area (TPSA) is 9.23 Å². The van der Waals surface area contributed by atoms with Gasteiger partial charge >= 0.3 is 0 Å². The fourth-order valence-electron chi connectivity index (χ4n) is 8.22. The third-order valence-electron chi connectivity index (χ3n) is 10.7. The van der Waals surface area contributed by atoms with Crippen molar-refractivity contribution in [3.8, 4) is 67.1 Å². The molecule has 0 spiro atoms. The number of hydrogen-bond acceptors (Lipinski definition) is 1. The Kier molecular flexibility index (Phi) is 5.58. The summed E-state index contributed by atoms with van der Waals surface area (Å²) in [5.41, 5.74) is 9.12. The largest absolute Gasteiger partial charge is 0.456 e. The summed E-state index contributed by atoms with van der Waals surface area (Å²) in [6.45, 7) is 0. The van der Waals surface area contributed by atoms with Crippen LogP contribution in [0.15, 0.2) is 194 Å². The van der Waals surface area contributed by atoms with Gasteiger partial charge in [0.1, 0.15) is 11.5 Å². The van der Waals surface area contributed by atoms with Gasteiger partial charge in [-0.25, -0.2) is 0 Å².